The Labute approximate surface area is 200 Å². The van der Waals surface area contributed by atoms with Crippen LogP contribution in [0.5, 0.6) is 11.5 Å². The molecule has 3 aliphatic carbocycles. The molecule has 9 nitrogen and oxygen atoms in total. The number of allylic oxidation sites excluding steroid dienone is 6. The van der Waals surface area contributed by atoms with Crippen LogP contribution >= 0.6 is 0 Å². The number of hydrogen-bond donors (Lipinski definition) is 1. The Balaban J connectivity index is 1.69. The number of carbonyl (C=O) groups excluding carboxylic acids is 5. The summed E-state index contributed by atoms with van der Waals surface area (Å²) in [5.74, 6) is -4.69. The van der Waals surface area contributed by atoms with Crippen LogP contribution in [0.1, 0.15) is 31.2 Å². The van der Waals surface area contributed by atoms with Crippen LogP contribution in [-0.2, 0) is 23.9 Å². The molecule has 3 amide bonds. The summed E-state index contributed by atoms with van der Waals surface area (Å²) < 4.78 is 9.83. The first-order chi connectivity index (χ1) is 16.7. The van der Waals surface area contributed by atoms with Gasteiger partial charge in [-0.25, -0.2) is 4.79 Å². The second kappa shape index (κ2) is 8.04. The number of carbonyl (C=O) groups is 5. The van der Waals surface area contributed by atoms with Gasteiger partial charge in [-0.1, -0.05) is 17.7 Å². The second-order valence-corrected chi connectivity index (χ2v) is 9.14. The minimum absolute atomic E-state index is 0.0815. The highest BCUT2D eigenvalue weighted by Gasteiger charge is 2.58. The largest absolute Gasteiger partial charge is 0.507 e. The van der Waals surface area contributed by atoms with Crippen molar-refractivity contribution in [2.75, 3.05) is 14.2 Å². The van der Waals surface area contributed by atoms with E-state index in [9.17, 15) is 29.1 Å². The monoisotopic (exact) mass is 477 g/mol. The topological polar surface area (TPSA) is 127 Å². The van der Waals surface area contributed by atoms with Crippen molar-refractivity contribution < 1.29 is 38.6 Å². The van der Waals surface area contributed by atoms with E-state index in [1.807, 2.05) is 0 Å². The fraction of sp³-hybridized carbons (Fsp3) is 0.346. The number of fused-ring (bicyclic) bond motifs is 3. The summed E-state index contributed by atoms with van der Waals surface area (Å²) in [5, 5.41) is 10.9. The van der Waals surface area contributed by atoms with Gasteiger partial charge in [-0.05, 0) is 37.8 Å². The smallest absolute Gasteiger partial charge is 0.423 e. The van der Waals surface area contributed by atoms with Gasteiger partial charge in [-0.2, -0.15) is 4.90 Å². The number of Topliss-reactive ketones (excluding diaryl/α,β-unsaturated/α-hetero) is 1. The molecule has 0 radical (unpaired) electrons. The number of imide groups is 3. The number of amides is 3. The summed E-state index contributed by atoms with van der Waals surface area (Å²) in [6, 6.07) is 4.70. The van der Waals surface area contributed by atoms with E-state index < -0.39 is 41.6 Å². The molecule has 1 aromatic rings. The van der Waals surface area contributed by atoms with Gasteiger partial charge in [0.25, 0.3) is 0 Å². The molecule has 0 spiro atoms. The van der Waals surface area contributed by atoms with Crippen molar-refractivity contribution in [3.8, 4) is 11.5 Å². The number of phenolic OH excluding ortho intramolecular Hbond substituents is 1. The summed E-state index contributed by atoms with van der Waals surface area (Å²) >= 11 is 0. The van der Waals surface area contributed by atoms with E-state index >= 15 is 0 Å². The van der Waals surface area contributed by atoms with Gasteiger partial charge in [0.1, 0.15) is 11.5 Å². The van der Waals surface area contributed by atoms with Gasteiger partial charge < -0.3 is 14.6 Å². The van der Waals surface area contributed by atoms with E-state index in [-0.39, 0.29) is 41.3 Å². The number of benzene rings is 1. The fourth-order valence-electron chi connectivity index (χ4n) is 5.88. The standard InChI is InChI=1S/C26H23NO8/c1-11-8-18(28)17-10-16-13(6-7-15-21(16)25(32)27(24(15)31)26(33)35-3)20(22(17)23(11)30)14-5-4-12(34-2)9-19(14)29/h4-6,8-9,15-16,20-21,29H,7,10H2,1-3H3. The number of rotatable bonds is 2. The van der Waals surface area contributed by atoms with Crippen LogP contribution < -0.4 is 4.74 Å². The third kappa shape index (κ3) is 3.18. The van der Waals surface area contributed by atoms with Gasteiger partial charge in [0, 0.05) is 34.3 Å². The van der Waals surface area contributed by atoms with Crippen LogP contribution in [0.25, 0.3) is 0 Å². The molecular weight excluding hydrogens is 454 g/mol. The van der Waals surface area contributed by atoms with Gasteiger partial charge in [0.05, 0.1) is 26.1 Å². The van der Waals surface area contributed by atoms with Gasteiger partial charge in [-0.15, -0.1) is 0 Å². The highest BCUT2D eigenvalue weighted by Crippen LogP contribution is 2.56. The summed E-state index contributed by atoms with van der Waals surface area (Å²) in [5.41, 5.74) is 1.90. The Bertz CT molecular complexity index is 1320. The molecule has 4 unspecified atom stereocenters. The van der Waals surface area contributed by atoms with Crippen molar-refractivity contribution >= 4 is 29.5 Å². The van der Waals surface area contributed by atoms with Crippen LogP contribution in [0.4, 0.5) is 4.79 Å². The summed E-state index contributed by atoms with van der Waals surface area (Å²) in [7, 11) is 2.55. The van der Waals surface area contributed by atoms with E-state index in [0.29, 0.717) is 27.4 Å². The Morgan fingerprint density at radius 2 is 1.83 bits per heavy atom. The molecule has 35 heavy (non-hydrogen) atoms. The van der Waals surface area contributed by atoms with Crippen LogP contribution in [0.2, 0.25) is 0 Å². The first kappa shape index (κ1) is 22.8. The molecule has 0 bridgehead atoms. The Morgan fingerprint density at radius 1 is 1.09 bits per heavy atom. The summed E-state index contributed by atoms with van der Waals surface area (Å²) in [6.45, 7) is 1.57. The average molecular weight is 477 g/mol. The molecule has 9 heteroatoms. The summed E-state index contributed by atoms with van der Waals surface area (Å²) in [6.07, 6.45) is 2.31. The first-order valence-electron chi connectivity index (χ1n) is 11.2. The zero-order valence-electron chi connectivity index (χ0n) is 19.4. The van der Waals surface area contributed by atoms with Crippen LogP contribution in [0, 0.1) is 17.8 Å². The molecule has 1 aliphatic heterocycles. The normalized spacial score (nSPS) is 27.7. The van der Waals surface area contributed by atoms with Crippen molar-refractivity contribution in [2.45, 2.75) is 25.7 Å². The zero-order chi connectivity index (χ0) is 25.2. The lowest BCUT2D eigenvalue weighted by Crippen LogP contribution is -2.40. The molecule has 5 rings (SSSR count). The van der Waals surface area contributed by atoms with Crippen molar-refractivity contribution in [2.24, 2.45) is 17.8 Å². The Morgan fingerprint density at radius 3 is 2.49 bits per heavy atom. The molecule has 1 aromatic carbocycles. The minimum Gasteiger partial charge on any atom is -0.507 e. The third-order valence-corrected chi connectivity index (χ3v) is 7.47. The maximum absolute atomic E-state index is 13.3. The Hall–Kier alpha value is -4.01. The molecule has 1 heterocycles. The predicted octanol–water partition coefficient (Wildman–Crippen LogP) is 2.60. The highest BCUT2D eigenvalue weighted by atomic mass is 16.5. The number of phenols is 1. The van der Waals surface area contributed by atoms with Gasteiger partial charge in [0.15, 0.2) is 11.6 Å². The predicted molar refractivity (Wildman–Crippen MR) is 120 cm³/mol. The molecule has 0 aromatic heterocycles. The van der Waals surface area contributed by atoms with E-state index in [2.05, 4.69) is 4.74 Å². The maximum Gasteiger partial charge on any atom is 0.423 e. The Kier molecular flexibility index (Phi) is 5.23. The molecule has 1 N–H and O–H groups in total. The van der Waals surface area contributed by atoms with Crippen LogP contribution in [0.15, 0.2) is 52.6 Å². The molecule has 4 aliphatic rings. The maximum atomic E-state index is 13.3. The quantitative estimate of drug-likeness (QED) is 0.391. The van der Waals surface area contributed by atoms with Crippen LogP contribution in [-0.4, -0.2) is 53.7 Å². The lowest BCUT2D eigenvalue weighted by molar-refractivity contribution is -0.137. The average Bonchev–Trinajstić information content (AvgIpc) is 3.10. The van der Waals surface area contributed by atoms with Crippen molar-refractivity contribution in [3.63, 3.8) is 0 Å². The SMILES string of the molecule is COC(=O)N1C(=O)C2CC=C3C(c4ccc(OC)cc4O)C4=C(CC3C2C1=O)C(=O)C=C(C)C4=O. The first-order valence-corrected chi connectivity index (χ1v) is 11.2. The molecule has 0 saturated carbocycles. The van der Waals surface area contributed by atoms with E-state index in [1.54, 1.807) is 25.1 Å². The molecule has 4 atom stereocenters. The van der Waals surface area contributed by atoms with Gasteiger partial charge in [-0.3, -0.25) is 19.2 Å². The van der Waals surface area contributed by atoms with Crippen LogP contribution in [0.3, 0.4) is 0 Å². The number of ether oxygens (including phenoxy) is 2. The van der Waals surface area contributed by atoms with Crippen molar-refractivity contribution in [1.82, 2.24) is 4.90 Å². The van der Waals surface area contributed by atoms with Crippen molar-refractivity contribution in [1.29, 1.82) is 0 Å². The lowest BCUT2D eigenvalue weighted by Gasteiger charge is -2.42. The van der Waals surface area contributed by atoms with Crippen molar-refractivity contribution in [3.05, 3.63) is 58.2 Å². The molecule has 180 valence electrons. The number of nitrogens with zero attached hydrogens (tertiary/aromatic N) is 1. The number of hydrogen-bond acceptors (Lipinski definition) is 8. The highest BCUT2D eigenvalue weighted by molar-refractivity contribution is 6.24. The van der Waals surface area contributed by atoms with E-state index in [1.165, 1.54) is 19.3 Å². The zero-order valence-corrected chi connectivity index (χ0v) is 19.4. The number of ketones is 2. The van der Waals surface area contributed by atoms with Gasteiger partial charge in [0.2, 0.25) is 11.8 Å². The van der Waals surface area contributed by atoms with E-state index in [4.69, 9.17) is 4.74 Å². The number of likely N-dealkylation sites (tertiary alicyclic amines) is 1. The minimum atomic E-state index is -1.04. The lowest BCUT2D eigenvalue weighted by atomic mass is 9.59. The van der Waals surface area contributed by atoms with E-state index in [0.717, 1.165) is 7.11 Å². The molecule has 1 saturated heterocycles. The third-order valence-electron chi connectivity index (χ3n) is 7.47. The number of methoxy groups -OCH3 is 2. The second-order valence-electron chi connectivity index (χ2n) is 9.14. The van der Waals surface area contributed by atoms with Gasteiger partial charge >= 0.3 is 6.09 Å². The fourth-order valence-corrected chi connectivity index (χ4v) is 5.88. The summed E-state index contributed by atoms with van der Waals surface area (Å²) in [4.78, 5) is 65.3. The number of aromatic hydroxyl groups is 1. The molecule has 1 fully saturated rings. The molecular formula is C26H23NO8.